The van der Waals surface area contributed by atoms with E-state index in [2.05, 4.69) is 9.36 Å². The summed E-state index contributed by atoms with van der Waals surface area (Å²) < 4.78 is 3.88. The van der Waals surface area contributed by atoms with Crippen molar-refractivity contribution in [2.45, 2.75) is 19.4 Å². The number of carboxylic acids is 1. The van der Waals surface area contributed by atoms with Gasteiger partial charge in [0, 0.05) is 18.1 Å². The first-order valence-electron chi connectivity index (χ1n) is 4.46. The van der Waals surface area contributed by atoms with Gasteiger partial charge in [-0.15, -0.1) is 0 Å². The minimum atomic E-state index is -0.773. The summed E-state index contributed by atoms with van der Waals surface area (Å²) in [7, 11) is 0. The number of hydrogen-bond donors (Lipinski definition) is 1. The monoisotopic (exact) mass is 213 g/mol. The molecule has 1 aliphatic rings. The summed E-state index contributed by atoms with van der Waals surface area (Å²) in [6.07, 6.45) is 2.36. The summed E-state index contributed by atoms with van der Waals surface area (Å²) in [5.41, 5.74) is 0. The molecule has 0 spiro atoms. The molecule has 1 fully saturated rings. The zero-order valence-corrected chi connectivity index (χ0v) is 8.57. The van der Waals surface area contributed by atoms with Crippen LogP contribution in [0.1, 0.15) is 13.3 Å². The fourth-order valence-electron chi connectivity index (χ4n) is 1.83. The second kappa shape index (κ2) is 3.53. The van der Waals surface area contributed by atoms with Gasteiger partial charge in [0.05, 0.1) is 0 Å². The van der Waals surface area contributed by atoms with E-state index in [4.69, 9.17) is 5.11 Å². The van der Waals surface area contributed by atoms with Crippen LogP contribution < -0.4 is 4.90 Å². The van der Waals surface area contributed by atoms with E-state index in [9.17, 15) is 4.79 Å². The van der Waals surface area contributed by atoms with Crippen LogP contribution in [0.3, 0.4) is 0 Å². The summed E-state index contributed by atoms with van der Waals surface area (Å²) in [4.78, 5) is 16.9. The van der Waals surface area contributed by atoms with Crippen molar-refractivity contribution < 1.29 is 9.90 Å². The Morgan fingerprint density at radius 1 is 1.79 bits per heavy atom. The number of hydrogen-bond acceptors (Lipinski definition) is 5. The van der Waals surface area contributed by atoms with Gasteiger partial charge in [-0.3, -0.25) is 0 Å². The maximum atomic E-state index is 11.0. The van der Waals surface area contributed by atoms with Crippen molar-refractivity contribution >= 4 is 22.6 Å². The van der Waals surface area contributed by atoms with E-state index in [1.54, 1.807) is 0 Å². The maximum absolute atomic E-state index is 11.0. The van der Waals surface area contributed by atoms with Crippen LogP contribution in [-0.2, 0) is 4.79 Å². The number of carbonyl (C=O) groups is 1. The molecule has 0 amide bonds. The van der Waals surface area contributed by atoms with Crippen LogP contribution in [0, 0.1) is 5.92 Å². The predicted octanol–water partition coefficient (Wildman–Crippen LogP) is 0.837. The zero-order valence-electron chi connectivity index (χ0n) is 7.75. The number of carboxylic acid groups (broad SMARTS) is 1. The average molecular weight is 213 g/mol. The first-order chi connectivity index (χ1) is 6.70. The van der Waals surface area contributed by atoms with E-state index in [1.807, 2.05) is 11.8 Å². The average Bonchev–Trinajstić information content (AvgIpc) is 2.70. The molecule has 2 atom stereocenters. The van der Waals surface area contributed by atoms with Crippen LogP contribution in [0.4, 0.5) is 5.13 Å². The molecule has 76 valence electrons. The molecule has 0 bridgehead atoms. The van der Waals surface area contributed by atoms with Crippen LogP contribution in [0.5, 0.6) is 0 Å². The van der Waals surface area contributed by atoms with E-state index < -0.39 is 12.0 Å². The quantitative estimate of drug-likeness (QED) is 0.788. The van der Waals surface area contributed by atoms with E-state index in [-0.39, 0.29) is 5.92 Å². The smallest absolute Gasteiger partial charge is 0.326 e. The SMILES string of the molecule is CC1CCN(c2ncns2)C1C(=O)O. The van der Waals surface area contributed by atoms with Gasteiger partial charge in [-0.1, -0.05) is 6.92 Å². The van der Waals surface area contributed by atoms with Crippen LogP contribution in [0.2, 0.25) is 0 Å². The molecular formula is C8H11N3O2S. The van der Waals surface area contributed by atoms with Crippen molar-refractivity contribution in [3.8, 4) is 0 Å². The molecule has 1 saturated heterocycles. The van der Waals surface area contributed by atoms with E-state index in [0.29, 0.717) is 5.13 Å². The van der Waals surface area contributed by atoms with Crippen molar-refractivity contribution in [2.75, 3.05) is 11.4 Å². The number of anilines is 1. The van der Waals surface area contributed by atoms with Gasteiger partial charge in [0.25, 0.3) is 0 Å². The van der Waals surface area contributed by atoms with Crippen molar-refractivity contribution in [1.82, 2.24) is 9.36 Å². The normalized spacial score (nSPS) is 26.8. The lowest BCUT2D eigenvalue weighted by Gasteiger charge is -2.21. The highest BCUT2D eigenvalue weighted by molar-refractivity contribution is 7.09. The molecule has 1 aromatic rings. The van der Waals surface area contributed by atoms with E-state index >= 15 is 0 Å². The molecule has 5 nitrogen and oxygen atoms in total. The lowest BCUT2D eigenvalue weighted by Crippen LogP contribution is -2.38. The second-order valence-corrected chi connectivity index (χ2v) is 4.22. The molecule has 1 N–H and O–H groups in total. The Kier molecular flexibility index (Phi) is 2.37. The molecule has 2 rings (SSSR count). The molecule has 6 heteroatoms. The Morgan fingerprint density at radius 3 is 3.14 bits per heavy atom. The highest BCUT2D eigenvalue weighted by atomic mass is 32.1. The fourth-order valence-corrected chi connectivity index (χ4v) is 2.42. The van der Waals surface area contributed by atoms with Gasteiger partial charge in [-0.05, 0) is 12.3 Å². The molecule has 2 unspecified atom stereocenters. The molecule has 14 heavy (non-hydrogen) atoms. The fraction of sp³-hybridized carbons (Fsp3) is 0.625. The summed E-state index contributed by atoms with van der Waals surface area (Å²) in [5.74, 6) is -0.596. The van der Waals surface area contributed by atoms with Crippen LogP contribution in [0.15, 0.2) is 6.33 Å². The second-order valence-electron chi connectivity index (χ2n) is 3.47. The van der Waals surface area contributed by atoms with Crippen molar-refractivity contribution in [1.29, 1.82) is 0 Å². The van der Waals surface area contributed by atoms with Gasteiger partial charge in [0.1, 0.15) is 12.4 Å². The number of aliphatic carboxylic acids is 1. The summed E-state index contributed by atoms with van der Waals surface area (Å²) >= 11 is 1.24. The van der Waals surface area contributed by atoms with Gasteiger partial charge in [-0.2, -0.15) is 4.37 Å². The van der Waals surface area contributed by atoms with Crippen molar-refractivity contribution in [2.24, 2.45) is 5.92 Å². The lowest BCUT2D eigenvalue weighted by atomic mass is 10.0. The molecule has 0 saturated carbocycles. The van der Waals surface area contributed by atoms with Gasteiger partial charge < -0.3 is 10.0 Å². The Balaban J connectivity index is 2.24. The molecule has 1 aromatic heterocycles. The Labute approximate surface area is 85.6 Å². The van der Waals surface area contributed by atoms with Gasteiger partial charge in [0.15, 0.2) is 0 Å². The number of aromatic nitrogens is 2. The van der Waals surface area contributed by atoms with E-state index in [1.165, 1.54) is 17.9 Å². The largest absolute Gasteiger partial charge is 0.480 e. The first-order valence-corrected chi connectivity index (χ1v) is 5.23. The molecule has 0 aromatic carbocycles. The minimum Gasteiger partial charge on any atom is -0.480 e. The topological polar surface area (TPSA) is 66.3 Å². The lowest BCUT2D eigenvalue weighted by molar-refractivity contribution is -0.139. The third-order valence-corrected chi connectivity index (χ3v) is 3.25. The first kappa shape index (κ1) is 9.39. The number of nitrogens with zero attached hydrogens (tertiary/aromatic N) is 3. The molecule has 1 aliphatic heterocycles. The van der Waals surface area contributed by atoms with Crippen molar-refractivity contribution in [3.63, 3.8) is 0 Å². The predicted molar refractivity (Wildman–Crippen MR) is 52.5 cm³/mol. The van der Waals surface area contributed by atoms with Crippen LogP contribution in [-0.4, -0.2) is 33.0 Å². The summed E-state index contributed by atoms with van der Waals surface area (Å²) in [6, 6.07) is -0.442. The standard InChI is InChI=1S/C8H11N3O2S/c1-5-2-3-11(6(5)7(12)13)8-9-4-10-14-8/h4-6H,2-3H2,1H3,(H,12,13). The maximum Gasteiger partial charge on any atom is 0.326 e. The molecule has 0 radical (unpaired) electrons. The molecule has 2 heterocycles. The highest BCUT2D eigenvalue weighted by Gasteiger charge is 2.37. The molecular weight excluding hydrogens is 202 g/mol. The third-order valence-electron chi connectivity index (χ3n) is 2.55. The molecule has 0 aliphatic carbocycles. The number of rotatable bonds is 2. The van der Waals surface area contributed by atoms with Gasteiger partial charge >= 0.3 is 5.97 Å². The summed E-state index contributed by atoms with van der Waals surface area (Å²) in [6.45, 7) is 2.72. The Hall–Kier alpha value is -1.17. The van der Waals surface area contributed by atoms with Crippen LogP contribution >= 0.6 is 11.5 Å². The summed E-state index contributed by atoms with van der Waals surface area (Å²) in [5, 5.41) is 9.78. The highest BCUT2D eigenvalue weighted by Crippen LogP contribution is 2.29. The zero-order chi connectivity index (χ0) is 10.1. The van der Waals surface area contributed by atoms with E-state index in [0.717, 1.165) is 13.0 Å². The Bertz CT molecular complexity index is 327. The van der Waals surface area contributed by atoms with Gasteiger partial charge in [0.2, 0.25) is 5.13 Å². The Morgan fingerprint density at radius 2 is 2.57 bits per heavy atom. The minimum absolute atomic E-state index is 0.177. The third kappa shape index (κ3) is 1.45. The van der Waals surface area contributed by atoms with Gasteiger partial charge in [-0.25, -0.2) is 9.78 Å². The van der Waals surface area contributed by atoms with Crippen LogP contribution in [0.25, 0.3) is 0 Å². The van der Waals surface area contributed by atoms with Crippen molar-refractivity contribution in [3.05, 3.63) is 6.33 Å².